The van der Waals surface area contributed by atoms with E-state index in [0.29, 0.717) is 69.9 Å². The number of benzene rings is 1. The average molecular weight is 696 g/mol. The van der Waals surface area contributed by atoms with Crippen LogP contribution in [-0.2, 0) is 6.54 Å². The number of fused-ring (bicyclic) bond motifs is 2. The number of carbonyl (C=O) groups is 1. The Morgan fingerprint density at radius 1 is 1.19 bits per heavy atom. The number of nitriles is 1. The third-order valence-electron chi connectivity index (χ3n) is 8.64. The number of anilines is 1. The van der Waals surface area contributed by atoms with E-state index in [1.807, 2.05) is 4.90 Å². The first-order chi connectivity index (χ1) is 22.9. The summed E-state index contributed by atoms with van der Waals surface area (Å²) in [4.78, 5) is 41.9. The lowest BCUT2D eigenvalue weighted by atomic mass is 9.72. The summed E-state index contributed by atoms with van der Waals surface area (Å²) in [6, 6.07) is 8.94. The summed E-state index contributed by atoms with van der Waals surface area (Å²) in [5.74, 6) is 0.0783. The molecule has 0 amide bonds. The number of aromatic carboxylic acids is 1. The fourth-order valence-electron chi connectivity index (χ4n) is 6.68. The van der Waals surface area contributed by atoms with Gasteiger partial charge in [0.1, 0.15) is 35.6 Å². The summed E-state index contributed by atoms with van der Waals surface area (Å²) in [5, 5.41) is 21.8. The minimum atomic E-state index is -4.25. The standard InChI is InChI=1S/C32H25ClF3N7O4S/c1-17-40-23-10-39-28(42-14-31(15-42)12-41(13-31)16-32(34,35)36)21(9-37)25(23)29(44)43(17)6-7-47-24-3-2-18(33)8-20(24)19-4-5-38-26-22(30(45)46)11-48-27(19)26/h2-5,8,10-11H,6-7,12-16H2,1H3,(H,45,46). The zero-order chi connectivity index (χ0) is 34.0. The first-order valence-electron chi connectivity index (χ1n) is 14.7. The highest BCUT2D eigenvalue weighted by molar-refractivity contribution is 7.18. The minimum Gasteiger partial charge on any atom is -0.491 e. The molecule has 0 radical (unpaired) electrons. The van der Waals surface area contributed by atoms with Gasteiger partial charge in [0.15, 0.2) is 0 Å². The SMILES string of the molecule is Cc1nc2cnc(N3CC4(CN(CC(F)(F)F)C4)C3)c(C#N)c2c(=O)n1CCOc1ccc(Cl)cc1-c1ccnc2c(C(=O)O)csc12. The molecular formula is C32H25ClF3N7O4S. The van der Waals surface area contributed by atoms with Crippen LogP contribution in [0, 0.1) is 23.7 Å². The fourth-order valence-corrected chi connectivity index (χ4v) is 7.88. The smallest absolute Gasteiger partial charge is 0.401 e. The molecule has 1 N–H and O–H groups in total. The molecule has 2 aliphatic heterocycles. The molecule has 0 saturated carbocycles. The number of hydrogen-bond acceptors (Lipinski definition) is 10. The Balaban J connectivity index is 1.13. The highest BCUT2D eigenvalue weighted by atomic mass is 35.5. The molecule has 4 aromatic heterocycles. The van der Waals surface area contributed by atoms with E-state index < -0.39 is 24.2 Å². The maximum absolute atomic E-state index is 13.8. The molecule has 2 fully saturated rings. The molecule has 16 heteroatoms. The number of halogens is 4. The van der Waals surface area contributed by atoms with Crippen LogP contribution >= 0.6 is 22.9 Å². The Kier molecular flexibility index (Phi) is 7.77. The molecule has 0 atom stereocenters. The van der Waals surface area contributed by atoms with Crippen molar-refractivity contribution in [2.24, 2.45) is 5.41 Å². The number of aryl methyl sites for hydroxylation is 1. The summed E-state index contributed by atoms with van der Waals surface area (Å²) in [5.41, 5.74) is 1.37. The third kappa shape index (κ3) is 5.59. The second-order valence-corrected chi connectivity index (χ2v) is 13.4. The predicted molar refractivity (Wildman–Crippen MR) is 173 cm³/mol. The van der Waals surface area contributed by atoms with Gasteiger partial charge >= 0.3 is 12.1 Å². The van der Waals surface area contributed by atoms with Crippen LogP contribution in [0.2, 0.25) is 5.02 Å². The highest BCUT2D eigenvalue weighted by Gasteiger charge is 2.54. The zero-order valence-corrected chi connectivity index (χ0v) is 26.8. The van der Waals surface area contributed by atoms with Gasteiger partial charge in [-0.25, -0.2) is 14.8 Å². The van der Waals surface area contributed by atoms with E-state index in [-0.39, 0.29) is 40.6 Å². The van der Waals surface area contributed by atoms with Gasteiger partial charge in [-0.1, -0.05) is 11.6 Å². The van der Waals surface area contributed by atoms with Crippen LogP contribution in [0.4, 0.5) is 19.0 Å². The van der Waals surface area contributed by atoms with Crippen molar-refractivity contribution in [2.75, 3.05) is 44.2 Å². The Bertz CT molecular complexity index is 2220. The van der Waals surface area contributed by atoms with Crippen molar-refractivity contribution >= 4 is 55.8 Å². The topological polar surface area (TPSA) is 137 Å². The summed E-state index contributed by atoms with van der Waals surface area (Å²) in [6.45, 7) is 2.35. The molecule has 6 heterocycles. The summed E-state index contributed by atoms with van der Waals surface area (Å²) in [7, 11) is 0. The molecule has 1 spiro atoms. The molecule has 7 rings (SSSR count). The molecule has 2 aliphatic rings. The maximum atomic E-state index is 13.8. The lowest BCUT2D eigenvalue weighted by Crippen LogP contribution is -2.73. The van der Waals surface area contributed by atoms with Gasteiger partial charge in [0, 0.05) is 59.3 Å². The van der Waals surface area contributed by atoms with Crippen molar-refractivity contribution in [3.63, 3.8) is 0 Å². The van der Waals surface area contributed by atoms with E-state index in [9.17, 15) is 33.1 Å². The quantitative estimate of drug-likeness (QED) is 0.226. The molecular weight excluding hydrogens is 671 g/mol. The Hall–Kier alpha value is -4.78. The number of alkyl halides is 3. The summed E-state index contributed by atoms with van der Waals surface area (Å²) in [6.07, 6.45) is -1.29. The van der Waals surface area contributed by atoms with E-state index in [1.165, 1.54) is 38.6 Å². The van der Waals surface area contributed by atoms with Gasteiger partial charge < -0.3 is 14.7 Å². The number of hydrogen-bond donors (Lipinski definition) is 1. The molecule has 0 aliphatic carbocycles. The number of carboxylic acid groups (broad SMARTS) is 1. The highest BCUT2D eigenvalue weighted by Crippen LogP contribution is 2.44. The van der Waals surface area contributed by atoms with Crippen molar-refractivity contribution in [1.29, 1.82) is 5.26 Å². The number of ether oxygens (including phenoxy) is 1. The van der Waals surface area contributed by atoms with Crippen LogP contribution in [0.5, 0.6) is 5.75 Å². The van der Waals surface area contributed by atoms with Crippen molar-refractivity contribution in [3.8, 4) is 22.9 Å². The van der Waals surface area contributed by atoms with E-state index in [4.69, 9.17) is 16.3 Å². The zero-order valence-electron chi connectivity index (χ0n) is 25.2. The fraction of sp³-hybridized carbons (Fsp3) is 0.312. The van der Waals surface area contributed by atoms with Crippen LogP contribution in [0.1, 0.15) is 21.7 Å². The number of nitrogens with zero attached hydrogens (tertiary/aromatic N) is 7. The second kappa shape index (κ2) is 11.7. The average Bonchev–Trinajstić information content (AvgIpc) is 3.44. The van der Waals surface area contributed by atoms with Gasteiger partial charge in [-0.2, -0.15) is 18.4 Å². The van der Waals surface area contributed by atoms with Crippen molar-refractivity contribution in [3.05, 3.63) is 74.4 Å². The Morgan fingerprint density at radius 2 is 1.96 bits per heavy atom. The van der Waals surface area contributed by atoms with Crippen LogP contribution in [0.15, 0.2) is 46.8 Å². The number of carboxylic acids is 1. The number of rotatable bonds is 8. The first-order valence-corrected chi connectivity index (χ1v) is 16.0. The molecule has 2 saturated heterocycles. The first kappa shape index (κ1) is 31.8. The van der Waals surface area contributed by atoms with E-state index in [1.54, 1.807) is 31.2 Å². The van der Waals surface area contributed by atoms with Crippen LogP contribution in [0.3, 0.4) is 0 Å². The number of aromatic nitrogens is 4. The van der Waals surface area contributed by atoms with E-state index in [2.05, 4.69) is 21.0 Å². The van der Waals surface area contributed by atoms with Crippen LogP contribution in [0.25, 0.3) is 32.2 Å². The molecule has 5 aromatic rings. The van der Waals surface area contributed by atoms with Crippen LogP contribution in [-0.4, -0.2) is 81.0 Å². The van der Waals surface area contributed by atoms with Gasteiger partial charge in [-0.05, 0) is 31.2 Å². The van der Waals surface area contributed by atoms with Gasteiger partial charge in [-0.15, -0.1) is 11.3 Å². The Labute approximate surface area is 279 Å². The van der Waals surface area contributed by atoms with Gasteiger partial charge in [0.2, 0.25) is 0 Å². The van der Waals surface area contributed by atoms with Crippen molar-refractivity contribution in [2.45, 2.75) is 19.6 Å². The molecule has 0 unspecified atom stereocenters. The predicted octanol–water partition coefficient (Wildman–Crippen LogP) is 5.36. The largest absolute Gasteiger partial charge is 0.491 e. The lowest BCUT2D eigenvalue weighted by molar-refractivity contribution is -0.172. The van der Waals surface area contributed by atoms with E-state index in [0.717, 1.165) is 0 Å². The van der Waals surface area contributed by atoms with Crippen molar-refractivity contribution < 1.29 is 27.8 Å². The number of pyridine rings is 2. The monoisotopic (exact) mass is 695 g/mol. The molecule has 0 bridgehead atoms. The number of thiophene rings is 1. The molecule has 48 heavy (non-hydrogen) atoms. The molecule has 1 aromatic carbocycles. The summed E-state index contributed by atoms with van der Waals surface area (Å²) >= 11 is 7.59. The maximum Gasteiger partial charge on any atom is 0.401 e. The van der Waals surface area contributed by atoms with Crippen molar-refractivity contribution in [1.82, 2.24) is 24.4 Å². The number of likely N-dealkylation sites (tertiary alicyclic amines) is 1. The summed E-state index contributed by atoms with van der Waals surface area (Å²) < 4.78 is 46.5. The normalized spacial score (nSPS) is 15.8. The minimum absolute atomic E-state index is 0.0461. The lowest BCUT2D eigenvalue weighted by Gasteiger charge is -2.60. The van der Waals surface area contributed by atoms with Gasteiger partial charge in [-0.3, -0.25) is 19.2 Å². The van der Waals surface area contributed by atoms with Gasteiger partial charge in [0.25, 0.3) is 5.56 Å². The molecule has 246 valence electrons. The van der Waals surface area contributed by atoms with E-state index >= 15 is 0 Å². The third-order valence-corrected chi connectivity index (χ3v) is 9.88. The van der Waals surface area contributed by atoms with Gasteiger partial charge in [0.05, 0.1) is 46.0 Å². The van der Waals surface area contributed by atoms with Crippen LogP contribution < -0.4 is 15.2 Å². The second-order valence-electron chi connectivity index (χ2n) is 12.0. The molecule has 11 nitrogen and oxygen atoms in total. The Morgan fingerprint density at radius 3 is 2.67 bits per heavy atom.